The molecule has 1 aromatic heterocycles. The van der Waals surface area contributed by atoms with Gasteiger partial charge in [-0.05, 0) is 41.8 Å². The third-order valence-corrected chi connectivity index (χ3v) is 3.88. The normalized spacial score (nSPS) is 13.8. The molecule has 20 heavy (non-hydrogen) atoms. The van der Waals surface area contributed by atoms with Gasteiger partial charge in [-0.1, -0.05) is 12.1 Å². The van der Waals surface area contributed by atoms with Crippen LogP contribution in [0.5, 0.6) is 0 Å². The number of aliphatic hydroxyl groups is 1. The van der Waals surface area contributed by atoms with E-state index in [4.69, 9.17) is 0 Å². The summed E-state index contributed by atoms with van der Waals surface area (Å²) in [6.07, 6.45) is 0. The van der Waals surface area contributed by atoms with E-state index in [0.29, 0.717) is 5.69 Å². The van der Waals surface area contributed by atoms with Crippen LogP contribution in [0.1, 0.15) is 18.1 Å². The van der Waals surface area contributed by atoms with Crippen molar-refractivity contribution >= 4 is 22.7 Å². The second-order valence-electron chi connectivity index (χ2n) is 4.87. The number of hydrogen-bond donors (Lipinski definition) is 2. The Kier molecular flexibility index (Phi) is 4.06. The van der Waals surface area contributed by atoms with Gasteiger partial charge in [-0.15, -0.1) is 0 Å². The Labute approximate surface area is 121 Å². The van der Waals surface area contributed by atoms with Crippen molar-refractivity contribution in [1.29, 1.82) is 0 Å². The molecule has 1 atom stereocenters. The van der Waals surface area contributed by atoms with E-state index in [9.17, 15) is 15.2 Å². The van der Waals surface area contributed by atoms with E-state index in [-0.39, 0.29) is 12.2 Å². The zero-order valence-electron chi connectivity index (χ0n) is 11.3. The van der Waals surface area contributed by atoms with Crippen LogP contribution < -0.4 is 5.32 Å². The zero-order valence-corrected chi connectivity index (χ0v) is 12.1. The summed E-state index contributed by atoms with van der Waals surface area (Å²) >= 11 is 1.50. The SMILES string of the molecule is Cc1cccc([N+](=O)[O-])c1NCC(C)(O)c1ccsc1. The van der Waals surface area contributed by atoms with Crippen LogP contribution in [0.3, 0.4) is 0 Å². The van der Waals surface area contributed by atoms with E-state index < -0.39 is 10.5 Å². The molecule has 2 aromatic rings. The molecular weight excluding hydrogens is 276 g/mol. The van der Waals surface area contributed by atoms with Crippen LogP contribution in [0, 0.1) is 17.0 Å². The number of thiophene rings is 1. The summed E-state index contributed by atoms with van der Waals surface area (Å²) in [4.78, 5) is 10.6. The molecule has 5 nitrogen and oxygen atoms in total. The second-order valence-corrected chi connectivity index (χ2v) is 5.65. The molecule has 2 N–H and O–H groups in total. The van der Waals surface area contributed by atoms with Crippen molar-refractivity contribution in [2.75, 3.05) is 11.9 Å². The molecule has 2 rings (SSSR count). The molecule has 0 bridgehead atoms. The fourth-order valence-electron chi connectivity index (χ4n) is 1.97. The summed E-state index contributed by atoms with van der Waals surface area (Å²) < 4.78 is 0. The monoisotopic (exact) mass is 292 g/mol. The third kappa shape index (κ3) is 2.97. The van der Waals surface area contributed by atoms with Crippen LogP contribution in [0.15, 0.2) is 35.0 Å². The van der Waals surface area contributed by atoms with Gasteiger partial charge >= 0.3 is 0 Å². The number of hydrogen-bond acceptors (Lipinski definition) is 5. The van der Waals surface area contributed by atoms with Crippen molar-refractivity contribution in [2.24, 2.45) is 0 Å². The average molecular weight is 292 g/mol. The van der Waals surface area contributed by atoms with Crippen LogP contribution in [0.2, 0.25) is 0 Å². The lowest BCUT2D eigenvalue weighted by molar-refractivity contribution is -0.384. The van der Waals surface area contributed by atoms with Gasteiger partial charge in [-0.2, -0.15) is 11.3 Å². The molecule has 0 radical (unpaired) electrons. The zero-order chi connectivity index (χ0) is 14.8. The third-order valence-electron chi connectivity index (χ3n) is 3.20. The molecule has 0 fully saturated rings. The summed E-state index contributed by atoms with van der Waals surface area (Å²) in [6.45, 7) is 3.69. The predicted octanol–water partition coefficient (Wildman–Crippen LogP) is 3.28. The highest BCUT2D eigenvalue weighted by atomic mass is 32.1. The quantitative estimate of drug-likeness (QED) is 0.655. The Bertz CT molecular complexity index is 609. The standard InChI is InChI=1S/C14H16N2O3S/c1-10-4-3-5-12(16(18)19)13(10)15-9-14(2,17)11-6-7-20-8-11/h3-8,15,17H,9H2,1-2H3. The molecule has 106 valence electrons. The van der Waals surface area contributed by atoms with Crippen LogP contribution in [0.25, 0.3) is 0 Å². The smallest absolute Gasteiger partial charge is 0.292 e. The summed E-state index contributed by atoms with van der Waals surface area (Å²) in [7, 11) is 0. The Morgan fingerprint density at radius 3 is 2.80 bits per heavy atom. The number of rotatable bonds is 5. The van der Waals surface area contributed by atoms with Gasteiger partial charge in [0.05, 0.1) is 4.92 Å². The minimum atomic E-state index is -1.07. The topological polar surface area (TPSA) is 75.4 Å². The predicted molar refractivity (Wildman–Crippen MR) is 80.2 cm³/mol. The van der Waals surface area contributed by atoms with Crippen LogP contribution in [-0.4, -0.2) is 16.6 Å². The maximum atomic E-state index is 11.0. The largest absolute Gasteiger partial charge is 0.384 e. The number of benzene rings is 1. The van der Waals surface area contributed by atoms with E-state index in [0.717, 1.165) is 11.1 Å². The highest BCUT2D eigenvalue weighted by Gasteiger charge is 2.25. The molecule has 0 spiro atoms. The summed E-state index contributed by atoms with van der Waals surface area (Å²) in [5, 5.41) is 28.2. The van der Waals surface area contributed by atoms with Crippen molar-refractivity contribution in [2.45, 2.75) is 19.4 Å². The maximum Gasteiger partial charge on any atom is 0.292 e. The first-order valence-corrected chi connectivity index (χ1v) is 7.09. The molecule has 0 aliphatic heterocycles. The summed E-state index contributed by atoms with van der Waals surface area (Å²) in [6, 6.07) is 6.75. The first kappa shape index (κ1) is 14.5. The van der Waals surface area contributed by atoms with E-state index in [2.05, 4.69) is 5.32 Å². The van der Waals surface area contributed by atoms with Gasteiger partial charge in [-0.3, -0.25) is 10.1 Å². The highest BCUT2D eigenvalue weighted by molar-refractivity contribution is 7.08. The van der Waals surface area contributed by atoms with Crippen molar-refractivity contribution < 1.29 is 10.0 Å². The lowest BCUT2D eigenvalue weighted by atomic mass is 9.99. The Morgan fingerprint density at radius 1 is 1.45 bits per heavy atom. The van der Waals surface area contributed by atoms with Gasteiger partial charge in [-0.25, -0.2) is 0 Å². The van der Waals surface area contributed by atoms with Gasteiger partial charge in [0.25, 0.3) is 5.69 Å². The van der Waals surface area contributed by atoms with Crippen molar-refractivity contribution in [3.8, 4) is 0 Å². The molecule has 0 saturated carbocycles. The first-order valence-electron chi connectivity index (χ1n) is 6.15. The maximum absolute atomic E-state index is 11.0. The lowest BCUT2D eigenvalue weighted by Gasteiger charge is -2.24. The van der Waals surface area contributed by atoms with E-state index in [1.54, 1.807) is 26.0 Å². The fraction of sp³-hybridized carbons (Fsp3) is 0.286. The van der Waals surface area contributed by atoms with E-state index >= 15 is 0 Å². The summed E-state index contributed by atoms with van der Waals surface area (Å²) in [5.41, 5.74) is 0.974. The molecule has 1 aromatic carbocycles. The Balaban J connectivity index is 2.21. The van der Waals surface area contributed by atoms with Gasteiger partial charge in [0, 0.05) is 12.6 Å². The Morgan fingerprint density at radius 2 is 2.20 bits per heavy atom. The van der Waals surface area contributed by atoms with Gasteiger partial charge in [0.15, 0.2) is 0 Å². The van der Waals surface area contributed by atoms with Crippen LogP contribution in [0.4, 0.5) is 11.4 Å². The minimum Gasteiger partial charge on any atom is -0.384 e. The number of anilines is 1. The van der Waals surface area contributed by atoms with Crippen molar-refractivity contribution in [3.63, 3.8) is 0 Å². The fourth-order valence-corrected chi connectivity index (χ4v) is 2.75. The first-order chi connectivity index (χ1) is 9.42. The number of nitro groups is 1. The molecule has 0 amide bonds. The molecule has 1 unspecified atom stereocenters. The van der Waals surface area contributed by atoms with Gasteiger partial charge in [0.1, 0.15) is 11.3 Å². The number of aryl methyl sites for hydroxylation is 1. The van der Waals surface area contributed by atoms with Gasteiger partial charge in [0.2, 0.25) is 0 Å². The highest BCUT2D eigenvalue weighted by Crippen LogP contribution is 2.30. The van der Waals surface area contributed by atoms with Crippen molar-refractivity contribution in [3.05, 3.63) is 56.3 Å². The second kappa shape index (κ2) is 5.60. The van der Waals surface area contributed by atoms with Gasteiger partial charge < -0.3 is 10.4 Å². The molecule has 0 aliphatic rings. The van der Waals surface area contributed by atoms with Crippen LogP contribution >= 0.6 is 11.3 Å². The molecule has 0 saturated heterocycles. The molecule has 0 aliphatic carbocycles. The number of para-hydroxylation sites is 1. The Hall–Kier alpha value is -1.92. The average Bonchev–Trinajstić information content (AvgIpc) is 2.91. The number of nitro benzene ring substituents is 1. The van der Waals surface area contributed by atoms with E-state index in [1.165, 1.54) is 17.4 Å². The van der Waals surface area contributed by atoms with Crippen LogP contribution in [-0.2, 0) is 5.60 Å². The van der Waals surface area contributed by atoms with E-state index in [1.807, 2.05) is 16.8 Å². The molecular formula is C14H16N2O3S. The minimum absolute atomic E-state index is 0.0196. The lowest BCUT2D eigenvalue weighted by Crippen LogP contribution is -2.30. The van der Waals surface area contributed by atoms with Crippen molar-refractivity contribution in [1.82, 2.24) is 0 Å². The molecule has 1 heterocycles. The summed E-state index contributed by atoms with van der Waals surface area (Å²) in [5.74, 6) is 0. The molecule has 6 heteroatoms. The number of nitrogens with one attached hydrogen (secondary N) is 1. The number of nitrogens with zero attached hydrogens (tertiary/aromatic N) is 1.